The Kier molecular flexibility index (Phi) is 3.83. The number of amides is 1. The maximum atomic E-state index is 12.0. The number of methoxy groups -OCH3 is 1. The van der Waals surface area contributed by atoms with Crippen molar-refractivity contribution in [3.8, 4) is 5.88 Å². The van der Waals surface area contributed by atoms with Crippen LogP contribution < -0.4 is 20.7 Å². The quantitative estimate of drug-likeness (QED) is 0.665. The number of nitrogens with zero attached hydrogens (tertiary/aromatic N) is 2. The van der Waals surface area contributed by atoms with Crippen LogP contribution in [0.1, 0.15) is 6.92 Å². The molecule has 2 heterocycles. The molecule has 1 fully saturated rings. The number of piperazine rings is 1. The number of ether oxygens (including phenoxy) is 1. The molecule has 0 aromatic carbocycles. The Morgan fingerprint density at radius 2 is 2.33 bits per heavy atom. The minimum atomic E-state index is -0.228. The molecule has 1 aliphatic heterocycles. The zero-order valence-corrected chi connectivity index (χ0v) is 10.9. The molecule has 0 aliphatic carbocycles. The van der Waals surface area contributed by atoms with Crippen LogP contribution in [0.2, 0.25) is 0 Å². The van der Waals surface area contributed by atoms with Crippen LogP contribution in [0.4, 0.5) is 5.82 Å². The second-order valence-corrected chi connectivity index (χ2v) is 4.45. The number of carbonyl (C=O) groups is 1. The van der Waals surface area contributed by atoms with Gasteiger partial charge < -0.3 is 20.7 Å². The molecule has 100 valence electrons. The predicted molar refractivity (Wildman–Crippen MR) is 67.6 cm³/mol. The van der Waals surface area contributed by atoms with E-state index in [2.05, 4.69) is 28.0 Å². The molecule has 1 saturated heterocycles. The van der Waals surface area contributed by atoms with Crippen molar-refractivity contribution < 1.29 is 9.53 Å². The molecule has 0 saturated carbocycles. The van der Waals surface area contributed by atoms with Gasteiger partial charge in [0.2, 0.25) is 11.8 Å². The third-order valence-electron chi connectivity index (χ3n) is 2.95. The van der Waals surface area contributed by atoms with Gasteiger partial charge in [-0.2, -0.15) is 5.10 Å². The fraction of sp³-hybridized carbons (Fsp3) is 0.636. The third-order valence-corrected chi connectivity index (χ3v) is 2.95. The molecule has 18 heavy (non-hydrogen) atoms. The first-order chi connectivity index (χ1) is 8.60. The molecule has 2 atom stereocenters. The molecule has 1 amide bonds. The molecule has 2 unspecified atom stereocenters. The predicted octanol–water partition coefficient (Wildman–Crippen LogP) is -0.683. The Labute approximate surface area is 106 Å². The van der Waals surface area contributed by atoms with Gasteiger partial charge >= 0.3 is 0 Å². The molecular formula is C11H19N5O2. The van der Waals surface area contributed by atoms with E-state index in [-0.39, 0.29) is 11.9 Å². The Bertz CT molecular complexity index is 423. The molecule has 1 aromatic rings. The summed E-state index contributed by atoms with van der Waals surface area (Å²) >= 11 is 0. The number of hydrogen-bond donors (Lipinski definition) is 3. The van der Waals surface area contributed by atoms with Crippen molar-refractivity contribution in [3.63, 3.8) is 0 Å². The summed E-state index contributed by atoms with van der Waals surface area (Å²) in [6, 6.07) is 1.86. The summed E-state index contributed by atoms with van der Waals surface area (Å²) in [6.45, 7) is 3.48. The normalized spacial score (nSPS) is 23.7. The lowest BCUT2D eigenvalue weighted by molar-refractivity contribution is -0.118. The molecular weight excluding hydrogens is 234 g/mol. The highest BCUT2D eigenvalue weighted by atomic mass is 16.5. The van der Waals surface area contributed by atoms with Crippen molar-refractivity contribution in [2.24, 2.45) is 7.05 Å². The monoisotopic (exact) mass is 253 g/mol. The molecule has 7 heteroatoms. The van der Waals surface area contributed by atoms with E-state index in [0.29, 0.717) is 24.3 Å². The van der Waals surface area contributed by atoms with E-state index in [1.165, 1.54) is 0 Å². The van der Waals surface area contributed by atoms with Crippen molar-refractivity contribution in [3.05, 3.63) is 6.07 Å². The minimum absolute atomic E-state index is 0.0878. The van der Waals surface area contributed by atoms with Crippen LogP contribution in [-0.4, -0.2) is 48.0 Å². The van der Waals surface area contributed by atoms with Gasteiger partial charge in [0.25, 0.3) is 0 Å². The average molecular weight is 253 g/mol. The fourth-order valence-corrected chi connectivity index (χ4v) is 1.88. The first kappa shape index (κ1) is 12.8. The smallest absolute Gasteiger partial charge is 0.244 e. The maximum absolute atomic E-state index is 12.0. The highest BCUT2D eigenvalue weighted by Gasteiger charge is 2.23. The number of nitrogens with one attached hydrogen (secondary N) is 3. The van der Waals surface area contributed by atoms with Crippen molar-refractivity contribution in [1.29, 1.82) is 0 Å². The molecule has 0 spiro atoms. The first-order valence-corrected chi connectivity index (χ1v) is 5.96. The third kappa shape index (κ3) is 2.80. The van der Waals surface area contributed by atoms with Crippen molar-refractivity contribution in [2.45, 2.75) is 19.0 Å². The fourth-order valence-electron chi connectivity index (χ4n) is 1.88. The lowest BCUT2D eigenvalue weighted by Crippen LogP contribution is -2.57. The van der Waals surface area contributed by atoms with E-state index < -0.39 is 0 Å². The standard InChI is InChI=1S/C11H19N5O2/c1-7-5-13-8(6-12-7)11(17)14-9-4-10(18-3)16(2)15-9/h4,7-8,12-13H,5-6H2,1-3H3,(H,14,15,17). The van der Waals surface area contributed by atoms with Crippen LogP contribution >= 0.6 is 0 Å². The molecule has 3 N–H and O–H groups in total. The molecule has 0 radical (unpaired) electrons. The molecule has 7 nitrogen and oxygen atoms in total. The molecule has 2 rings (SSSR count). The van der Waals surface area contributed by atoms with Gasteiger partial charge in [0.15, 0.2) is 5.82 Å². The summed E-state index contributed by atoms with van der Waals surface area (Å²) in [5.41, 5.74) is 0. The average Bonchev–Trinajstić information content (AvgIpc) is 2.70. The van der Waals surface area contributed by atoms with Crippen molar-refractivity contribution >= 4 is 11.7 Å². The zero-order chi connectivity index (χ0) is 13.1. The summed E-state index contributed by atoms with van der Waals surface area (Å²) in [6.07, 6.45) is 0. The zero-order valence-electron chi connectivity index (χ0n) is 10.9. The highest BCUT2D eigenvalue weighted by molar-refractivity contribution is 5.94. The second kappa shape index (κ2) is 5.36. The van der Waals surface area contributed by atoms with Crippen LogP contribution in [0.15, 0.2) is 6.07 Å². The largest absolute Gasteiger partial charge is 0.481 e. The van der Waals surface area contributed by atoms with Crippen LogP contribution in [0.5, 0.6) is 5.88 Å². The van der Waals surface area contributed by atoms with Gasteiger partial charge in [0, 0.05) is 32.2 Å². The van der Waals surface area contributed by atoms with Gasteiger partial charge in [0.1, 0.15) is 0 Å². The molecule has 1 aromatic heterocycles. The topological polar surface area (TPSA) is 80.2 Å². The number of anilines is 1. The maximum Gasteiger partial charge on any atom is 0.244 e. The summed E-state index contributed by atoms with van der Waals surface area (Å²) in [5.74, 6) is 1.02. The van der Waals surface area contributed by atoms with Gasteiger partial charge in [-0.15, -0.1) is 0 Å². The van der Waals surface area contributed by atoms with E-state index in [1.807, 2.05) is 0 Å². The minimum Gasteiger partial charge on any atom is -0.481 e. The Hall–Kier alpha value is -1.60. The van der Waals surface area contributed by atoms with Gasteiger partial charge in [-0.25, -0.2) is 4.68 Å². The van der Waals surface area contributed by atoms with E-state index in [1.54, 1.807) is 24.9 Å². The second-order valence-electron chi connectivity index (χ2n) is 4.45. The number of rotatable bonds is 3. The Morgan fingerprint density at radius 3 is 2.89 bits per heavy atom. The number of aryl methyl sites for hydroxylation is 1. The van der Waals surface area contributed by atoms with Gasteiger partial charge in [0.05, 0.1) is 13.2 Å². The number of carbonyl (C=O) groups excluding carboxylic acids is 1. The van der Waals surface area contributed by atoms with Gasteiger partial charge in [-0.05, 0) is 6.92 Å². The lowest BCUT2D eigenvalue weighted by Gasteiger charge is -2.27. The van der Waals surface area contributed by atoms with Gasteiger partial charge in [-0.3, -0.25) is 4.79 Å². The van der Waals surface area contributed by atoms with E-state index in [9.17, 15) is 4.79 Å². The number of hydrogen-bond acceptors (Lipinski definition) is 5. The van der Waals surface area contributed by atoms with E-state index >= 15 is 0 Å². The van der Waals surface area contributed by atoms with E-state index in [4.69, 9.17) is 4.74 Å². The van der Waals surface area contributed by atoms with E-state index in [0.717, 1.165) is 6.54 Å². The Morgan fingerprint density at radius 1 is 1.56 bits per heavy atom. The first-order valence-electron chi connectivity index (χ1n) is 5.96. The van der Waals surface area contributed by atoms with Crippen LogP contribution in [0.3, 0.4) is 0 Å². The summed E-state index contributed by atoms with van der Waals surface area (Å²) in [4.78, 5) is 12.0. The van der Waals surface area contributed by atoms with Gasteiger partial charge in [-0.1, -0.05) is 0 Å². The summed E-state index contributed by atoms with van der Waals surface area (Å²) in [7, 11) is 3.33. The van der Waals surface area contributed by atoms with Crippen LogP contribution in [0.25, 0.3) is 0 Å². The lowest BCUT2D eigenvalue weighted by atomic mass is 10.1. The summed E-state index contributed by atoms with van der Waals surface area (Å²) < 4.78 is 6.66. The Balaban J connectivity index is 1.94. The molecule has 1 aliphatic rings. The van der Waals surface area contributed by atoms with Crippen LogP contribution in [0, 0.1) is 0 Å². The number of aromatic nitrogens is 2. The molecule has 0 bridgehead atoms. The van der Waals surface area contributed by atoms with Crippen LogP contribution in [-0.2, 0) is 11.8 Å². The SMILES string of the molecule is COc1cc(NC(=O)C2CNC(C)CN2)nn1C. The highest BCUT2D eigenvalue weighted by Crippen LogP contribution is 2.15. The van der Waals surface area contributed by atoms with Crippen molar-refractivity contribution in [2.75, 3.05) is 25.5 Å². The summed E-state index contributed by atoms with van der Waals surface area (Å²) in [5, 5.41) is 13.3. The van der Waals surface area contributed by atoms with Crippen molar-refractivity contribution in [1.82, 2.24) is 20.4 Å².